The molecule has 0 radical (unpaired) electrons. The second-order valence-corrected chi connectivity index (χ2v) is 6.22. The lowest BCUT2D eigenvalue weighted by Crippen LogP contribution is -2.49. The summed E-state index contributed by atoms with van der Waals surface area (Å²) in [6.07, 6.45) is 0. The highest BCUT2D eigenvalue weighted by Crippen LogP contribution is 2.23. The highest BCUT2D eigenvalue weighted by atomic mass is 79.9. The van der Waals surface area contributed by atoms with E-state index in [4.69, 9.17) is 0 Å². The molecule has 1 atom stereocenters. The van der Waals surface area contributed by atoms with Crippen molar-refractivity contribution in [3.63, 3.8) is 0 Å². The average molecular weight is 336 g/mol. The Kier molecular flexibility index (Phi) is 3.76. The van der Waals surface area contributed by atoms with Crippen molar-refractivity contribution < 1.29 is 0 Å². The van der Waals surface area contributed by atoms with Gasteiger partial charge in [0.15, 0.2) is 5.82 Å². The normalized spacial score (nSPS) is 19.4. The third-order valence-corrected chi connectivity index (χ3v) is 3.90. The van der Waals surface area contributed by atoms with E-state index in [1.54, 1.807) is 0 Å². The molecule has 0 amide bonds. The van der Waals surface area contributed by atoms with E-state index in [2.05, 4.69) is 73.4 Å². The number of aryl methyl sites for hydroxylation is 1. The first-order valence-corrected chi connectivity index (χ1v) is 7.59. The van der Waals surface area contributed by atoms with Gasteiger partial charge in [0.2, 0.25) is 5.95 Å². The van der Waals surface area contributed by atoms with Gasteiger partial charge in [-0.15, -0.1) is 5.10 Å². The predicted octanol–water partition coefficient (Wildman–Crippen LogP) is 2.34. The number of hydrogen-bond donors (Lipinski definition) is 2. The van der Waals surface area contributed by atoms with Crippen molar-refractivity contribution in [2.45, 2.75) is 19.9 Å². The Balaban J connectivity index is 1.86. The van der Waals surface area contributed by atoms with E-state index in [1.165, 1.54) is 5.56 Å². The summed E-state index contributed by atoms with van der Waals surface area (Å²) in [4.78, 5) is 6.85. The number of aromatic nitrogens is 3. The van der Waals surface area contributed by atoms with Gasteiger partial charge in [-0.3, -0.25) is 5.10 Å². The second-order valence-electron chi connectivity index (χ2n) is 5.30. The minimum atomic E-state index is 0.471. The number of nitrogens with zero attached hydrogens (tertiary/aromatic N) is 3. The van der Waals surface area contributed by atoms with Crippen LogP contribution in [0, 0.1) is 6.92 Å². The molecular weight excluding hydrogens is 318 g/mol. The van der Waals surface area contributed by atoms with E-state index >= 15 is 0 Å². The van der Waals surface area contributed by atoms with Gasteiger partial charge in [0, 0.05) is 35.7 Å². The minimum absolute atomic E-state index is 0.471. The molecule has 1 aromatic carbocycles. The predicted molar refractivity (Wildman–Crippen MR) is 83.9 cm³/mol. The molecule has 6 heteroatoms. The van der Waals surface area contributed by atoms with Crippen molar-refractivity contribution in [3.8, 4) is 11.4 Å². The van der Waals surface area contributed by atoms with Crippen molar-refractivity contribution in [1.82, 2.24) is 20.5 Å². The molecule has 1 aliphatic heterocycles. The van der Waals surface area contributed by atoms with Crippen LogP contribution >= 0.6 is 15.9 Å². The fourth-order valence-electron chi connectivity index (χ4n) is 2.51. The van der Waals surface area contributed by atoms with E-state index in [-0.39, 0.29) is 0 Å². The number of anilines is 1. The molecule has 5 nitrogen and oxygen atoms in total. The smallest absolute Gasteiger partial charge is 0.245 e. The molecule has 1 saturated heterocycles. The fraction of sp³-hybridized carbons (Fsp3) is 0.429. The van der Waals surface area contributed by atoms with Gasteiger partial charge in [0.05, 0.1) is 0 Å². The van der Waals surface area contributed by atoms with Crippen LogP contribution in [0.25, 0.3) is 11.4 Å². The molecular formula is C14H18BrN5. The summed E-state index contributed by atoms with van der Waals surface area (Å²) in [5, 5.41) is 10.8. The zero-order valence-corrected chi connectivity index (χ0v) is 13.2. The van der Waals surface area contributed by atoms with E-state index in [0.717, 1.165) is 41.4 Å². The third kappa shape index (κ3) is 2.86. The lowest BCUT2D eigenvalue weighted by molar-refractivity contribution is 0.480. The summed E-state index contributed by atoms with van der Waals surface area (Å²) in [7, 11) is 0. The number of halogens is 1. The Morgan fingerprint density at radius 3 is 2.95 bits per heavy atom. The van der Waals surface area contributed by atoms with Crippen LogP contribution in [-0.4, -0.2) is 40.9 Å². The molecule has 0 bridgehead atoms. The Labute approximate surface area is 126 Å². The molecule has 1 unspecified atom stereocenters. The molecule has 2 aromatic rings. The van der Waals surface area contributed by atoms with Crippen LogP contribution in [0.3, 0.4) is 0 Å². The maximum atomic E-state index is 4.63. The Morgan fingerprint density at radius 2 is 2.20 bits per heavy atom. The van der Waals surface area contributed by atoms with Crippen LogP contribution in [0.15, 0.2) is 22.7 Å². The molecule has 106 valence electrons. The van der Waals surface area contributed by atoms with Crippen LogP contribution < -0.4 is 10.2 Å². The molecule has 0 saturated carbocycles. The Bertz CT molecular complexity index is 589. The van der Waals surface area contributed by atoms with Crippen molar-refractivity contribution >= 4 is 21.9 Å². The third-order valence-electron chi connectivity index (χ3n) is 3.44. The van der Waals surface area contributed by atoms with Crippen LogP contribution in [0.5, 0.6) is 0 Å². The van der Waals surface area contributed by atoms with Gasteiger partial charge >= 0.3 is 0 Å². The van der Waals surface area contributed by atoms with Gasteiger partial charge in [-0.05, 0) is 37.6 Å². The quantitative estimate of drug-likeness (QED) is 0.884. The molecule has 2 heterocycles. The summed E-state index contributed by atoms with van der Waals surface area (Å²) in [6.45, 7) is 7.11. The molecule has 2 N–H and O–H groups in total. The summed E-state index contributed by atoms with van der Waals surface area (Å²) in [6, 6.07) is 6.71. The van der Waals surface area contributed by atoms with E-state index in [1.807, 2.05) is 0 Å². The zero-order valence-electron chi connectivity index (χ0n) is 11.7. The number of benzene rings is 1. The molecule has 0 spiro atoms. The molecule has 1 aliphatic rings. The summed E-state index contributed by atoms with van der Waals surface area (Å²) >= 11 is 3.52. The summed E-state index contributed by atoms with van der Waals surface area (Å²) < 4.78 is 1.06. The number of aromatic amines is 1. The first kappa shape index (κ1) is 13.6. The zero-order chi connectivity index (χ0) is 14.1. The molecule has 20 heavy (non-hydrogen) atoms. The minimum Gasteiger partial charge on any atom is -0.337 e. The van der Waals surface area contributed by atoms with Gasteiger partial charge in [0.25, 0.3) is 0 Å². The van der Waals surface area contributed by atoms with E-state index in [0.29, 0.717) is 6.04 Å². The van der Waals surface area contributed by atoms with Gasteiger partial charge in [0.1, 0.15) is 0 Å². The highest BCUT2D eigenvalue weighted by Gasteiger charge is 2.19. The van der Waals surface area contributed by atoms with Crippen molar-refractivity contribution in [2.24, 2.45) is 0 Å². The van der Waals surface area contributed by atoms with Gasteiger partial charge in [-0.1, -0.05) is 15.9 Å². The lowest BCUT2D eigenvalue weighted by Gasteiger charge is -2.30. The number of nitrogens with one attached hydrogen (secondary N) is 2. The van der Waals surface area contributed by atoms with Crippen molar-refractivity contribution in [1.29, 1.82) is 0 Å². The Morgan fingerprint density at radius 1 is 1.35 bits per heavy atom. The van der Waals surface area contributed by atoms with Crippen LogP contribution in [-0.2, 0) is 0 Å². The van der Waals surface area contributed by atoms with Gasteiger partial charge in [-0.2, -0.15) is 4.98 Å². The molecule has 1 fully saturated rings. The topological polar surface area (TPSA) is 56.8 Å². The highest BCUT2D eigenvalue weighted by molar-refractivity contribution is 9.10. The standard InChI is InChI=1S/C14H18BrN5/c1-9-5-11(7-12(15)6-9)13-17-14(19-18-13)20-4-3-16-10(2)8-20/h5-7,10,16H,3-4,8H2,1-2H3,(H,17,18,19). The number of hydrogen-bond acceptors (Lipinski definition) is 4. The maximum absolute atomic E-state index is 4.63. The summed E-state index contributed by atoms with van der Waals surface area (Å²) in [5.74, 6) is 1.60. The lowest BCUT2D eigenvalue weighted by atomic mass is 10.1. The average Bonchev–Trinajstić information content (AvgIpc) is 2.87. The SMILES string of the molecule is Cc1cc(Br)cc(-c2nc(N3CCNC(C)C3)n[nH]2)c1. The molecule has 1 aromatic heterocycles. The molecule has 0 aliphatic carbocycles. The number of rotatable bonds is 2. The number of piperazine rings is 1. The van der Waals surface area contributed by atoms with Crippen molar-refractivity contribution in [3.05, 3.63) is 28.2 Å². The Hall–Kier alpha value is -1.40. The van der Waals surface area contributed by atoms with E-state index in [9.17, 15) is 0 Å². The number of H-pyrrole nitrogens is 1. The van der Waals surface area contributed by atoms with Gasteiger partial charge in [-0.25, -0.2) is 0 Å². The molecule has 3 rings (SSSR count). The first-order chi connectivity index (χ1) is 9.61. The fourth-order valence-corrected chi connectivity index (χ4v) is 3.12. The van der Waals surface area contributed by atoms with Crippen LogP contribution in [0.4, 0.5) is 5.95 Å². The summed E-state index contributed by atoms with van der Waals surface area (Å²) in [5.41, 5.74) is 2.25. The largest absolute Gasteiger partial charge is 0.337 e. The van der Waals surface area contributed by atoms with Crippen molar-refractivity contribution in [2.75, 3.05) is 24.5 Å². The van der Waals surface area contributed by atoms with Crippen LogP contribution in [0.2, 0.25) is 0 Å². The van der Waals surface area contributed by atoms with Crippen LogP contribution in [0.1, 0.15) is 12.5 Å². The maximum Gasteiger partial charge on any atom is 0.245 e. The second kappa shape index (κ2) is 5.54. The van der Waals surface area contributed by atoms with E-state index < -0.39 is 0 Å². The monoisotopic (exact) mass is 335 g/mol. The van der Waals surface area contributed by atoms with Gasteiger partial charge < -0.3 is 10.2 Å². The first-order valence-electron chi connectivity index (χ1n) is 6.80.